The van der Waals surface area contributed by atoms with Gasteiger partial charge in [0.2, 0.25) is 0 Å². The van der Waals surface area contributed by atoms with Crippen molar-refractivity contribution in [1.29, 1.82) is 0 Å². The second-order valence-corrected chi connectivity index (χ2v) is 17.7. The molecule has 8 nitrogen and oxygen atoms in total. The summed E-state index contributed by atoms with van der Waals surface area (Å²) in [5.41, 5.74) is 0. The van der Waals surface area contributed by atoms with Crippen LogP contribution in [0.5, 0.6) is 0 Å². The molecule has 0 rings (SSSR count). The molecule has 0 saturated carbocycles. The number of quaternary nitrogens is 1. The molecule has 0 radical (unpaired) electrons. The van der Waals surface area contributed by atoms with E-state index in [0.29, 0.717) is 19.3 Å². The van der Waals surface area contributed by atoms with Crippen molar-refractivity contribution in [3.63, 3.8) is 0 Å². The van der Waals surface area contributed by atoms with Gasteiger partial charge in [-0.1, -0.05) is 183 Å². The lowest BCUT2D eigenvalue weighted by atomic mass is 10.0. The van der Waals surface area contributed by atoms with E-state index in [1.54, 1.807) is 0 Å². The lowest BCUT2D eigenvalue weighted by Crippen LogP contribution is -2.50. The monoisotopic (exact) mass is 869 g/mol. The third kappa shape index (κ3) is 42.1. The minimum atomic E-state index is -0.886. The molecule has 0 heterocycles. The molecule has 0 fully saturated rings. The molecule has 2 atom stereocenters. The summed E-state index contributed by atoms with van der Waals surface area (Å²) >= 11 is 0. The van der Waals surface area contributed by atoms with E-state index in [9.17, 15) is 19.5 Å². The standard InChI is InChI=1S/C54H93NO7/c1-6-8-10-12-14-16-18-20-22-24-25-26-27-28-29-31-33-35-37-39-41-43-45-53(57)62-50(48-60-47-46-51(54(58)59)55(3,4)5)49-61-52(56)44-42-40-38-36-34-32-30-23-21-19-17-15-13-11-9-7-2/h9,11,15,17,21,23,27-28,32,34,38,40,50-51H,6-8,10,12-14,16,18-20,22,24-26,29-31,33,35-37,39,41-49H2,1-5H3/p+1/b11-9+,17-15+,23-21+,28-27+,34-32+,40-38+. The third-order valence-corrected chi connectivity index (χ3v) is 10.9. The van der Waals surface area contributed by atoms with Crippen molar-refractivity contribution in [3.8, 4) is 0 Å². The van der Waals surface area contributed by atoms with Gasteiger partial charge in [-0.2, -0.15) is 0 Å². The second-order valence-electron chi connectivity index (χ2n) is 17.7. The number of hydrogen-bond donors (Lipinski definition) is 1. The first kappa shape index (κ1) is 58.8. The maximum Gasteiger partial charge on any atom is 0.362 e. The second kappa shape index (κ2) is 44.4. The predicted octanol–water partition coefficient (Wildman–Crippen LogP) is 14.3. The average Bonchev–Trinajstić information content (AvgIpc) is 3.23. The summed E-state index contributed by atoms with van der Waals surface area (Å²) in [6, 6.07) is -0.629. The molecule has 0 spiro atoms. The topological polar surface area (TPSA) is 99.1 Å². The number of carboxylic acid groups (broad SMARTS) is 1. The molecule has 0 aliphatic heterocycles. The Labute approximate surface area is 381 Å². The minimum Gasteiger partial charge on any atom is -0.477 e. The van der Waals surface area contributed by atoms with Crippen molar-refractivity contribution in [2.75, 3.05) is 41.0 Å². The molecule has 0 amide bonds. The van der Waals surface area contributed by atoms with Crippen molar-refractivity contribution >= 4 is 17.9 Å². The Balaban J connectivity index is 4.34. The molecule has 62 heavy (non-hydrogen) atoms. The van der Waals surface area contributed by atoms with Gasteiger partial charge in [0.1, 0.15) is 6.61 Å². The molecule has 1 N–H and O–H groups in total. The molecule has 0 aromatic heterocycles. The molecule has 0 aromatic rings. The van der Waals surface area contributed by atoms with Gasteiger partial charge < -0.3 is 23.8 Å². The lowest BCUT2D eigenvalue weighted by molar-refractivity contribution is -0.887. The van der Waals surface area contributed by atoms with Crippen LogP contribution >= 0.6 is 0 Å². The largest absolute Gasteiger partial charge is 0.477 e. The van der Waals surface area contributed by atoms with Crippen LogP contribution in [-0.4, -0.2) is 80.6 Å². The van der Waals surface area contributed by atoms with Crippen LogP contribution in [0.1, 0.15) is 200 Å². The molecular weight excluding hydrogens is 775 g/mol. The lowest BCUT2D eigenvalue weighted by Gasteiger charge is -2.31. The summed E-state index contributed by atoms with van der Waals surface area (Å²) in [6.07, 6.45) is 56.9. The van der Waals surface area contributed by atoms with Gasteiger partial charge in [0.25, 0.3) is 0 Å². The number of carbonyl (C=O) groups excluding carboxylic acids is 2. The molecule has 0 bridgehead atoms. The van der Waals surface area contributed by atoms with Gasteiger partial charge in [0.15, 0.2) is 12.1 Å². The van der Waals surface area contributed by atoms with Crippen LogP contribution in [0, 0.1) is 0 Å². The van der Waals surface area contributed by atoms with Gasteiger partial charge in [0, 0.05) is 19.3 Å². The summed E-state index contributed by atoms with van der Waals surface area (Å²) in [5.74, 6) is -1.58. The van der Waals surface area contributed by atoms with E-state index in [2.05, 4.69) is 74.6 Å². The number of esters is 2. The number of likely N-dealkylation sites (N-methyl/N-ethyl adjacent to an activating group) is 1. The first-order valence-electron chi connectivity index (χ1n) is 25.0. The highest BCUT2D eigenvalue weighted by molar-refractivity contribution is 5.72. The highest BCUT2D eigenvalue weighted by atomic mass is 16.6. The van der Waals surface area contributed by atoms with Gasteiger partial charge in [0.05, 0.1) is 34.4 Å². The van der Waals surface area contributed by atoms with E-state index in [4.69, 9.17) is 14.2 Å². The van der Waals surface area contributed by atoms with Crippen LogP contribution in [0.3, 0.4) is 0 Å². The first-order valence-corrected chi connectivity index (χ1v) is 25.0. The number of hydrogen-bond acceptors (Lipinski definition) is 6. The fourth-order valence-corrected chi connectivity index (χ4v) is 7.02. The van der Waals surface area contributed by atoms with Crippen LogP contribution < -0.4 is 0 Å². The number of ether oxygens (including phenoxy) is 3. The number of unbranched alkanes of at least 4 members (excludes halogenated alkanes) is 18. The maximum atomic E-state index is 12.8. The number of carbonyl (C=O) groups is 3. The van der Waals surface area contributed by atoms with Crippen molar-refractivity contribution in [1.82, 2.24) is 0 Å². The maximum absolute atomic E-state index is 12.8. The fraction of sp³-hybridized carbons (Fsp3) is 0.722. The smallest absolute Gasteiger partial charge is 0.362 e. The summed E-state index contributed by atoms with van der Waals surface area (Å²) in [5, 5.41) is 9.64. The average molecular weight is 869 g/mol. The normalized spacial score (nSPS) is 13.5. The summed E-state index contributed by atoms with van der Waals surface area (Å²) in [7, 11) is 5.51. The Morgan fingerprint density at radius 1 is 0.500 bits per heavy atom. The fourth-order valence-electron chi connectivity index (χ4n) is 7.02. The number of allylic oxidation sites excluding steroid dienone is 12. The van der Waals surface area contributed by atoms with Gasteiger partial charge in [-0.15, -0.1) is 0 Å². The van der Waals surface area contributed by atoms with Crippen molar-refractivity contribution in [2.24, 2.45) is 0 Å². The van der Waals surface area contributed by atoms with Crippen LogP contribution in [0.2, 0.25) is 0 Å². The molecule has 0 saturated heterocycles. The van der Waals surface area contributed by atoms with Crippen LogP contribution in [0.4, 0.5) is 0 Å². The molecule has 0 aromatic carbocycles. The molecule has 0 aliphatic carbocycles. The summed E-state index contributed by atoms with van der Waals surface area (Å²) < 4.78 is 17.2. The van der Waals surface area contributed by atoms with Crippen LogP contribution in [-0.2, 0) is 28.6 Å². The molecular formula is C54H94NO7+. The first-order chi connectivity index (χ1) is 30.1. The van der Waals surface area contributed by atoms with Gasteiger partial charge >= 0.3 is 17.9 Å². The number of carboxylic acids is 1. The highest BCUT2D eigenvalue weighted by Gasteiger charge is 2.31. The third-order valence-electron chi connectivity index (χ3n) is 10.9. The number of rotatable bonds is 44. The Bertz CT molecular complexity index is 1240. The predicted molar refractivity (Wildman–Crippen MR) is 261 cm³/mol. The Morgan fingerprint density at radius 2 is 0.935 bits per heavy atom. The van der Waals surface area contributed by atoms with E-state index < -0.39 is 18.1 Å². The zero-order chi connectivity index (χ0) is 45.6. The van der Waals surface area contributed by atoms with Crippen molar-refractivity contribution < 1.29 is 38.2 Å². The van der Waals surface area contributed by atoms with E-state index >= 15 is 0 Å². The molecule has 2 unspecified atom stereocenters. The van der Waals surface area contributed by atoms with Gasteiger partial charge in [-0.3, -0.25) is 9.59 Å². The van der Waals surface area contributed by atoms with Crippen molar-refractivity contribution in [3.05, 3.63) is 72.9 Å². The molecule has 0 aliphatic rings. The SMILES string of the molecule is CC/C=C/C/C=C/C/C=C/C/C=C/C/C=C/CCC(=O)OCC(COCCC(C(=O)O)[N+](C)(C)C)OC(=O)CCCCCCCCC/C=C/CCCCCCCCCCCCC. The summed E-state index contributed by atoms with van der Waals surface area (Å²) in [4.78, 5) is 37.1. The van der Waals surface area contributed by atoms with E-state index in [-0.39, 0.29) is 42.7 Å². The zero-order valence-corrected chi connectivity index (χ0v) is 40.6. The number of nitrogens with zero attached hydrogens (tertiary/aromatic N) is 1. The van der Waals surface area contributed by atoms with Gasteiger partial charge in [-0.05, 0) is 70.6 Å². The van der Waals surface area contributed by atoms with E-state index in [1.807, 2.05) is 33.3 Å². The van der Waals surface area contributed by atoms with E-state index in [0.717, 1.165) is 51.4 Å². The minimum absolute atomic E-state index is 0.0336. The van der Waals surface area contributed by atoms with Crippen LogP contribution in [0.25, 0.3) is 0 Å². The van der Waals surface area contributed by atoms with Crippen molar-refractivity contribution in [2.45, 2.75) is 212 Å². The molecule has 8 heteroatoms. The quantitative estimate of drug-likeness (QED) is 0.0282. The Kier molecular flexibility index (Phi) is 42.1. The molecule has 356 valence electrons. The highest BCUT2D eigenvalue weighted by Crippen LogP contribution is 2.14. The zero-order valence-electron chi connectivity index (χ0n) is 40.6. The van der Waals surface area contributed by atoms with Crippen LogP contribution in [0.15, 0.2) is 72.9 Å². The van der Waals surface area contributed by atoms with Gasteiger partial charge in [-0.25, -0.2) is 4.79 Å². The Morgan fingerprint density at radius 3 is 1.40 bits per heavy atom. The number of aliphatic carboxylic acids is 1. The van der Waals surface area contributed by atoms with E-state index in [1.165, 1.54) is 109 Å². The summed E-state index contributed by atoms with van der Waals surface area (Å²) in [6.45, 7) is 4.55. The Hall–Kier alpha value is -3.23.